The average Bonchev–Trinajstić information content (AvgIpc) is 2.24. The van der Waals surface area contributed by atoms with Gasteiger partial charge in [-0.25, -0.2) is 0 Å². The first-order valence-corrected chi connectivity index (χ1v) is 5.05. The highest BCUT2D eigenvalue weighted by Gasteiger charge is 2.31. The van der Waals surface area contributed by atoms with Gasteiger partial charge in [0, 0.05) is 25.5 Å². The summed E-state index contributed by atoms with van der Waals surface area (Å²) in [5.74, 6) is -0.112. The molecule has 1 atom stereocenters. The van der Waals surface area contributed by atoms with Crippen molar-refractivity contribution in [1.82, 2.24) is 9.88 Å². The Bertz CT molecular complexity index is 347. The quantitative estimate of drug-likeness (QED) is 0.761. The maximum atomic E-state index is 11.9. The van der Waals surface area contributed by atoms with Gasteiger partial charge in [-0.1, -0.05) is 6.07 Å². The van der Waals surface area contributed by atoms with Gasteiger partial charge in [0.15, 0.2) is 0 Å². The molecule has 0 spiro atoms. The van der Waals surface area contributed by atoms with Crippen molar-refractivity contribution in [2.75, 3.05) is 13.1 Å². The molecule has 0 aliphatic carbocycles. The maximum absolute atomic E-state index is 11.9. The fourth-order valence-corrected chi connectivity index (χ4v) is 1.68. The maximum Gasteiger partial charge on any atom is 0.230 e. The first kappa shape index (κ1) is 10.1. The van der Waals surface area contributed by atoms with E-state index in [-0.39, 0.29) is 17.9 Å². The highest BCUT2D eigenvalue weighted by Crippen LogP contribution is 2.20. The molecule has 1 saturated heterocycles. The Morgan fingerprint density at radius 3 is 2.93 bits per heavy atom. The van der Waals surface area contributed by atoms with E-state index in [2.05, 4.69) is 4.98 Å². The van der Waals surface area contributed by atoms with Gasteiger partial charge in [-0.15, -0.1) is 0 Å². The van der Waals surface area contributed by atoms with Crippen LogP contribution in [0.2, 0.25) is 0 Å². The molecule has 1 unspecified atom stereocenters. The number of pyridine rings is 1. The van der Waals surface area contributed by atoms with Crippen molar-refractivity contribution in [3.63, 3.8) is 0 Å². The predicted molar refractivity (Wildman–Crippen MR) is 55.2 cm³/mol. The minimum absolute atomic E-state index is 0.0632. The summed E-state index contributed by atoms with van der Waals surface area (Å²) >= 11 is 0. The Labute approximate surface area is 88.6 Å². The van der Waals surface area contributed by atoms with Gasteiger partial charge >= 0.3 is 0 Å². The minimum atomic E-state index is -0.338. The van der Waals surface area contributed by atoms with Gasteiger partial charge < -0.3 is 10.0 Å². The Balaban J connectivity index is 2.02. The van der Waals surface area contributed by atoms with E-state index in [4.69, 9.17) is 5.11 Å². The van der Waals surface area contributed by atoms with Crippen LogP contribution < -0.4 is 0 Å². The SMILES string of the molecule is CC(C(=O)N1CC(O)C1)c1cccnc1. The van der Waals surface area contributed by atoms with E-state index in [0.29, 0.717) is 13.1 Å². The largest absolute Gasteiger partial charge is 0.389 e. The van der Waals surface area contributed by atoms with E-state index in [1.807, 2.05) is 19.1 Å². The Morgan fingerprint density at radius 1 is 1.67 bits per heavy atom. The van der Waals surface area contributed by atoms with Crippen LogP contribution in [0.4, 0.5) is 0 Å². The molecule has 15 heavy (non-hydrogen) atoms. The first-order valence-electron chi connectivity index (χ1n) is 5.05. The number of hydrogen-bond acceptors (Lipinski definition) is 3. The lowest BCUT2D eigenvalue weighted by Crippen LogP contribution is -2.54. The highest BCUT2D eigenvalue weighted by atomic mass is 16.3. The smallest absolute Gasteiger partial charge is 0.230 e. The fraction of sp³-hybridized carbons (Fsp3) is 0.455. The molecule has 1 N–H and O–H groups in total. The van der Waals surface area contributed by atoms with Gasteiger partial charge in [0.1, 0.15) is 0 Å². The van der Waals surface area contributed by atoms with E-state index in [1.165, 1.54) is 0 Å². The third-order valence-electron chi connectivity index (χ3n) is 2.73. The van der Waals surface area contributed by atoms with Crippen LogP contribution in [0, 0.1) is 0 Å². The number of nitrogens with zero attached hydrogens (tertiary/aromatic N) is 2. The molecule has 2 heterocycles. The van der Waals surface area contributed by atoms with Crippen LogP contribution in [0.3, 0.4) is 0 Å². The van der Waals surface area contributed by atoms with E-state index in [9.17, 15) is 4.79 Å². The standard InChI is InChI=1S/C11H14N2O2/c1-8(9-3-2-4-12-5-9)11(15)13-6-10(14)7-13/h2-5,8,10,14H,6-7H2,1H3. The summed E-state index contributed by atoms with van der Waals surface area (Å²) in [5.41, 5.74) is 0.920. The van der Waals surface area contributed by atoms with Crippen molar-refractivity contribution < 1.29 is 9.90 Å². The molecule has 0 saturated carbocycles. The number of β-amino-alcohol motifs (C(OH)–C–C–N with tert-alkyl or cyclic N) is 1. The molecular formula is C11H14N2O2. The van der Waals surface area contributed by atoms with Crippen molar-refractivity contribution in [1.29, 1.82) is 0 Å². The average molecular weight is 206 g/mol. The molecule has 0 aromatic carbocycles. The number of aromatic nitrogens is 1. The molecule has 1 fully saturated rings. The molecule has 1 aromatic heterocycles. The topological polar surface area (TPSA) is 53.4 Å². The van der Waals surface area contributed by atoms with E-state index >= 15 is 0 Å². The van der Waals surface area contributed by atoms with Gasteiger partial charge in [0.05, 0.1) is 12.0 Å². The van der Waals surface area contributed by atoms with Gasteiger partial charge in [-0.3, -0.25) is 9.78 Å². The van der Waals surface area contributed by atoms with Crippen LogP contribution in [0.5, 0.6) is 0 Å². The number of hydrogen-bond donors (Lipinski definition) is 1. The van der Waals surface area contributed by atoms with Crippen molar-refractivity contribution in [2.45, 2.75) is 18.9 Å². The normalized spacial score (nSPS) is 18.4. The van der Waals surface area contributed by atoms with Crippen molar-refractivity contribution in [3.05, 3.63) is 30.1 Å². The molecule has 1 aromatic rings. The molecule has 1 aliphatic heterocycles. The third kappa shape index (κ3) is 1.99. The second-order valence-electron chi connectivity index (χ2n) is 3.91. The van der Waals surface area contributed by atoms with Crippen LogP contribution in [-0.4, -0.2) is 40.1 Å². The summed E-state index contributed by atoms with van der Waals surface area (Å²) in [6.45, 7) is 2.79. The van der Waals surface area contributed by atoms with Gasteiger partial charge in [0.2, 0.25) is 5.91 Å². The van der Waals surface area contributed by atoms with Crippen LogP contribution in [0.1, 0.15) is 18.4 Å². The zero-order valence-corrected chi connectivity index (χ0v) is 8.63. The molecule has 80 valence electrons. The summed E-state index contributed by atoms with van der Waals surface area (Å²) < 4.78 is 0. The summed E-state index contributed by atoms with van der Waals surface area (Å²) in [7, 11) is 0. The summed E-state index contributed by atoms with van der Waals surface area (Å²) in [6.07, 6.45) is 3.06. The van der Waals surface area contributed by atoms with Gasteiger partial charge in [-0.05, 0) is 18.6 Å². The second kappa shape index (κ2) is 3.98. The third-order valence-corrected chi connectivity index (χ3v) is 2.73. The molecule has 0 bridgehead atoms. The van der Waals surface area contributed by atoms with E-state index in [0.717, 1.165) is 5.56 Å². The molecular weight excluding hydrogens is 192 g/mol. The van der Waals surface area contributed by atoms with Gasteiger partial charge in [-0.2, -0.15) is 0 Å². The van der Waals surface area contributed by atoms with E-state index < -0.39 is 0 Å². The number of rotatable bonds is 2. The highest BCUT2D eigenvalue weighted by molar-refractivity contribution is 5.84. The molecule has 4 nitrogen and oxygen atoms in total. The number of aliphatic hydroxyl groups excluding tert-OH is 1. The van der Waals surface area contributed by atoms with Gasteiger partial charge in [0.25, 0.3) is 0 Å². The monoisotopic (exact) mass is 206 g/mol. The summed E-state index contributed by atoms with van der Waals surface area (Å²) in [5, 5.41) is 9.11. The molecule has 1 aliphatic rings. The lowest BCUT2D eigenvalue weighted by atomic mass is 9.99. The molecule has 4 heteroatoms. The lowest BCUT2D eigenvalue weighted by Gasteiger charge is -2.37. The molecule has 0 radical (unpaired) electrons. The van der Waals surface area contributed by atoms with E-state index in [1.54, 1.807) is 17.3 Å². The van der Waals surface area contributed by atoms with Crippen molar-refractivity contribution in [2.24, 2.45) is 0 Å². The van der Waals surface area contributed by atoms with Crippen molar-refractivity contribution >= 4 is 5.91 Å². The van der Waals surface area contributed by atoms with Crippen LogP contribution in [-0.2, 0) is 4.79 Å². The van der Waals surface area contributed by atoms with Crippen molar-refractivity contribution in [3.8, 4) is 0 Å². The Hall–Kier alpha value is -1.42. The first-order chi connectivity index (χ1) is 7.18. The van der Waals surface area contributed by atoms with Crippen LogP contribution >= 0.6 is 0 Å². The minimum Gasteiger partial charge on any atom is -0.389 e. The zero-order valence-electron chi connectivity index (χ0n) is 8.63. The lowest BCUT2D eigenvalue weighted by molar-refractivity contribution is -0.142. The number of carbonyl (C=O) groups excluding carboxylic acids is 1. The second-order valence-corrected chi connectivity index (χ2v) is 3.91. The number of aliphatic hydroxyl groups is 1. The summed E-state index contributed by atoms with van der Waals surface area (Å²) in [6, 6.07) is 3.72. The van der Waals surface area contributed by atoms with Crippen LogP contribution in [0.15, 0.2) is 24.5 Å². The van der Waals surface area contributed by atoms with Crippen LogP contribution in [0.25, 0.3) is 0 Å². The fourth-order valence-electron chi connectivity index (χ4n) is 1.68. The number of amides is 1. The number of likely N-dealkylation sites (tertiary alicyclic amines) is 1. The zero-order chi connectivity index (χ0) is 10.8. The molecule has 2 rings (SSSR count). The number of carbonyl (C=O) groups is 1. The summed E-state index contributed by atoms with van der Waals surface area (Å²) in [4.78, 5) is 17.5. The Morgan fingerprint density at radius 2 is 2.40 bits per heavy atom. The predicted octanol–water partition coefficient (Wildman–Crippen LogP) is 0.388. The Kier molecular flexibility index (Phi) is 2.68. The molecule has 1 amide bonds.